The SMILES string of the molecule is Cc1cc(OCC2CCS(=O)(=O)CC2)cc(C)c1-c1cccc(CN(c2ccc(CCC(=O)O)c(F)c2)S(=O)(=O)c2ccccc2[N+](=O)[O-])c1. The summed E-state index contributed by atoms with van der Waals surface area (Å²) in [5.41, 5.74) is 3.35. The number of nitro groups is 1. The zero-order valence-electron chi connectivity index (χ0n) is 27.5. The average molecular weight is 725 g/mol. The summed E-state index contributed by atoms with van der Waals surface area (Å²) >= 11 is 0. The summed E-state index contributed by atoms with van der Waals surface area (Å²) in [5, 5.41) is 20.9. The molecule has 1 aliphatic heterocycles. The number of carboxylic acid groups (broad SMARTS) is 1. The third-order valence-electron chi connectivity index (χ3n) is 8.77. The number of para-hydroxylation sites is 1. The van der Waals surface area contributed by atoms with Crippen molar-refractivity contribution in [2.45, 2.75) is 51.0 Å². The van der Waals surface area contributed by atoms with Gasteiger partial charge < -0.3 is 9.84 Å². The monoisotopic (exact) mass is 724 g/mol. The summed E-state index contributed by atoms with van der Waals surface area (Å²) in [7, 11) is -7.59. The summed E-state index contributed by atoms with van der Waals surface area (Å²) in [6.07, 6.45) is 0.710. The third kappa shape index (κ3) is 8.48. The van der Waals surface area contributed by atoms with Gasteiger partial charge in [0.1, 0.15) is 21.4 Å². The molecule has 1 fully saturated rings. The Hall–Kier alpha value is -4.82. The normalized spacial score (nSPS) is 14.6. The van der Waals surface area contributed by atoms with Crippen molar-refractivity contribution in [2.75, 3.05) is 22.4 Å². The lowest BCUT2D eigenvalue weighted by Crippen LogP contribution is -2.31. The second-order valence-electron chi connectivity index (χ2n) is 12.4. The van der Waals surface area contributed by atoms with E-state index in [1.807, 2.05) is 32.0 Å². The Morgan fingerprint density at radius 2 is 1.68 bits per heavy atom. The van der Waals surface area contributed by atoms with Crippen LogP contribution in [0.4, 0.5) is 15.8 Å². The number of nitro benzene ring substituents is 1. The van der Waals surface area contributed by atoms with Crippen LogP contribution in [-0.2, 0) is 37.6 Å². The number of ether oxygens (including phenoxy) is 1. The zero-order valence-corrected chi connectivity index (χ0v) is 29.2. The highest BCUT2D eigenvalue weighted by Gasteiger charge is 2.32. The first-order chi connectivity index (χ1) is 23.6. The minimum absolute atomic E-state index is 0.0884. The number of hydrogen-bond acceptors (Lipinski definition) is 8. The lowest BCUT2D eigenvalue weighted by Gasteiger charge is -2.25. The molecule has 0 aliphatic carbocycles. The fourth-order valence-corrected chi connectivity index (χ4v) is 9.36. The summed E-state index contributed by atoms with van der Waals surface area (Å²) in [4.78, 5) is 21.5. The number of aryl methyl sites for hydroxylation is 3. The number of aliphatic carboxylic acids is 1. The Morgan fingerprint density at radius 1 is 1.00 bits per heavy atom. The second kappa shape index (κ2) is 15.0. The molecule has 1 heterocycles. The van der Waals surface area contributed by atoms with Gasteiger partial charge in [0.15, 0.2) is 4.90 Å². The number of benzene rings is 4. The molecule has 50 heavy (non-hydrogen) atoms. The summed E-state index contributed by atoms with van der Waals surface area (Å²) in [6.45, 7) is 3.96. The molecule has 4 aromatic carbocycles. The molecule has 0 unspecified atom stereocenters. The van der Waals surface area contributed by atoms with Crippen LogP contribution in [0.25, 0.3) is 11.1 Å². The van der Waals surface area contributed by atoms with Gasteiger partial charge in [-0.2, -0.15) is 0 Å². The summed E-state index contributed by atoms with van der Waals surface area (Å²) < 4.78 is 74.1. The molecule has 264 valence electrons. The molecule has 1 saturated heterocycles. The van der Waals surface area contributed by atoms with Crippen LogP contribution in [0.15, 0.2) is 83.8 Å². The lowest BCUT2D eigenvalue weighted by atomic mass is 9.94. The fourth-order valence-electron chi connectivity index (χ4n) is 6.17. The highest BCUT2D eigenvalue weighted by Crippen LogP contribution is 2.35. The summed E-state index contributed by atoms with van der Waals surface area (Å²) in [5.74, 6) is -0.765. The van der Waals surface area contributed by atoms with E-state index in [1.165, 1.54) is 24.3 Å². The van der Waals surface area contributed by atoms with Crippen molar-refractivity contribution in [3.8, 4) is 16.9 Å². The molecule has 0 amide bonds. The van der Waals surface area contributed by atoms with Gasteiger partial charge in [-0.25, -0.2) is 21.2 Å². The van der Waals surface area contributed by atoms with Gasteiger partial charge in [-0.1, -0.05) is 36.4 Å². The summed E-state index contributed by atoms with van der Waals surface area (Å²) in [6, 6.07) is 19.5. The fraction of sp³-hybridized carbons (Fsp3) is 0.306. The first kappa shape index (κ1) is 36.5. The van der Waals surface area contributed by atoms with Gasteiger partial charge in [-0.3, -0.25) is 19.2 Å². The van der Waals surface area contributed by atoms with Gasteiger partial charge in [0.05, 0.1) is 35.3 Å². The minimum atomic E-state index is -4.62. The van der Waals surface area contributed by atoms with E-state index in [2.05, 4.69) is 0 Å². The Bertz CT molecular complexity index is 2120. The average Bonchev–Trinajstić information content (AvgIpc) is 3.06. The van der Waals surface area contributed by atoms with E-state index in [0.29, 0.717) is 30.8 Å². The molecule has 0 spiro atoms. The molecule has 0 saturated carbocycles. The van der Waals surface area contributed by atoms with E-state index in [-0.39, 0.29) is 48.1 Å². The maximum Gasteiger partial charge on any atom is 0.303 e. The Labute approximate surface area is 290 Å². The minimum Gasteiger partial charge on any atom is -0.493 e. The number of sulfonamides is 1. The number of hydrogen-bond donors (Lipinski definition) is 1. The quantitative estimate of drug-likeness (QED) is 0.118. The number of anilines is 1. The topological polar surface area (TPSA) is 161 Å². The maximum atomic E-state index is 15.2. The predicted molar refractivity (Wildman–Crippen MR) is 187 cm³/mol. The molecule has 5 rings (SSSR count). The molecule has 0 radical (unpaired) electrons. The molecular formula is C36H37FN2O9S2. The van der Waals surface area contributed by atoms with Crippen LogP contribution in [0.2, 0.25) is 0 Å². The third-order valence-corrected chi connectivity index (χ3v) is 12.3. The highest BCUT2D eigenvalue weighted by atomic mass is 32.2. The van der Waals surface area contributed by atoms with Crippen molar-refractivity contribution in [3.63, 3.8) is 0 Å². The largest absolute Gasteiger partial charge is 0.493 e. The van der Waals surface area contributed by atoms with E-state index in [9.17, 15) is 31.7 Å². The van der Waals surface area contributed by atoms with E-state index in [0.717, 1.165) is 44.8 Å². The molecule has 0 bridgehead atoms. The van der Waals surface area contributed by atoms with E-state index >= 15 is 4.39 Å². The predicted octanol–water partition coefficient (Wildman–Crippen LogP) is 6.63. The number of rotatable bonds is 13. The van der Waals surface area contributed by atoms with Crippen LogP contribution >= 0.6 is 0 Å². The van der Waals surface area contributed by atoms with Gasteiger partial charge in [0.2, 0.25) is 0 Å². The van der Waals surface area contributed by atoms with Crippen molar-refractivity contribution in [3.05, 3.63) is 117 Å². The van der Waals surface area contributed by atoms with Gasteiger partial charge in [0.25, 0.3) is 15.7 Å². The molecule has 4 aromatic rings. The second-order valence-corrected chi connectivity index (χ2v) is 16.6. The van der Waals surface area contributed by atoms with Crippen LogP contribution in [-0.4, -0.2) is 50.9 Å². The number of carboxylic acids is 1. The highest BCUT2D eigenvalue weighted by molar-refractivity contribution is 7.93. The molecule has 14 heteroatoms. The molecule has 11 nitrogen and oxygen atoms in total. The van der Waals surface area contributed by atoms with Gasteiger partial charge >= 0.3 is 5.97 Å². The first-order valence-corrected chi connectivity index (χ1v) is 19.2. The van der Waals surface area contributed by atoms with Crippen molar-refractivity contribution in [2.24, 2.45) is 5.92 Å². The van der Waals surface area contributed by atoms with Crippen molar-refractivity contribution in [1.82, 2.24) is 0 Å². The first-order valence-electron chi connectivity index (χ1n) is 15.9. The Kier molecular flexibility index (Phi) is 10.9. The van der Waals surface area contributed by atoms with E-state index in [4.69, 9.17) is 9.84 Å². The van der Waals surface area contributed by atoms with Gasteiger partial charge in [-0.15, -0.1) is 0 Å². The van der Waals surface area contributed by atoms with E-state index in [1.54, 1.807) is 18.2 Å². The smallest absolute Gasteiger partial charge is 0.303 e. The molecular weight excluding hydrogens is 688 g/mol. The van der Waals surface area contributed by atoms with Crippen molar-refractivity contribution in [1.29, 1.82) is 0 Å². The van der Waals surface area contributed by atoms with Crippen LogP contribution in [0.3, 0.4) is 0 Å². The van der Waals surface area contributed by atoms with Gasteiger partial charge in [-0.05, 0) is 109 Å². The van der Waals surface area contributed by atoms with Gasteiger partial charge in [0, 0.05) is 12.5 Å². The van der Waals surface area contributed by atoms with E-state index < -0.39 is 47.2 Å². The number of nitrogens with zero attached hydrogens (tertiary/aromatic N) is 2. The molecule has 1 aliphatic rings. The number of carbonyl (C=O) groups is 1. The zero-order chi connectivity index (χ0) is 36.2. The number of halogens is 1. The number of sulfone groups is 1. The van der Waals surface area contributed by atoms with Crippen molar-refractivity contribution < 1.29 is 40.8 Å². The maximum absolute atomic E-state index is 15.2. The Morgan fingerprint density at radius 3 is 2.32 bits per heavy atom. The standard InChI is InChI=1S/C36H37FN2O9S2/c1-24-18-31(48-23-26-14-16-49(44,45)17-15-26)19-25(2)36(24)29-7-5-6-27(20-29)22-38(30-12-10-28(32(37)21-30)11-13-35(40)41)50(46,47)34-9-4-3-8-33(34)39(42)43/h3-10,12,18-21,26H,11,13-17,22-23H2,1-2H3,(H,40,41). The Balaban J connectivity index is 1.47. The van der Waals surface area contributed by atoms with Crippen LogP contribution in [0.1, 0.15) is 41.5 Å². The van der Waals surface area contributed by atoms with Crippen LogP contribution in [0, 0.1) is 35.7 Å². The molecule has 0 aromatic heterocycles. The molecule has 1 N–H and O–H groups in total. The molecule has 0 atom stereocenters. The van der Waals surface area contributed by atoms with Crippen LogP contribution < -0.4 is 9.04 Å². The van der Waals surface area contributed by atoms with Crippen LogP contribution in [0.5, 0.6) is 5.75 Å². The van der Waals surface area contributed by atoms with Crippen molar-refractivity contribution >= 4 is 37.2 Å². The lowest BCUT2D eigenvalue weighted by molar-refractivity contribution is -0.387.